The highest BCUT2D eigenvalue weighted by Crippen LogP contribution is 2.36. The summed E-state index contributed by atoms with van der Waals surface area (Å²) in [6.07, 6.45) is -3.16. The molecule has 0 unspecified atom stereocenters. The molecule has 1 aliphatic rings. The first-order chi connectivity index (χ1) is 9.55. The van der Waals surface area contributed by atoms with Gasteiger partial charge < -0.3 is 10.2 Å². The number of halogens is 3. The van der Waals surface area contributed by atoms with Crippen LogP contribution in [0, 0.1) is 0 Å². The van der Waals surface area contributed by atoms with E-state index in [1.807, 2.05) is 24.3 Å². The van der Waals surface area contributed by atoms with Gasteiger partial charge in [0.15, 0.2) is 0 Å². The van der Waals surface area contributed by atoms with Crippen molar-refractivity contribution in [1.82, 2.24) is 4.98 Å². The summed E-state index contributed by atoms with van der Waals surface area (Å²) in [7, 11) is 0. The second-order valence-electron chi connectivity index (χ2n) is 4.50. The highest BCUT2D eigenvalue weighted by Gasteiger charge is 2.31. The van der Waals surface area contributed by atoms with Crippen LogP contribution in [0.3, 0.4) is 0 Å². The molecule has 1 aliphatic heterocycles. The maximum atomic E-state index is 12.8. The van der Waals surface area contributed by atoms with Gasteiger partial charge in [-0.2, -0.15) is 13.2 Å². The molecule has 2 aromatic rings. The number of rotatable bonds is 1. The van der Waals surface area contributed by atoms with Crippen LogP contribution in [0.5, 0.6) is 0 Å². The van der Waals surface area contributed by atoms with Crippen LogP contribution in [-0.4, -0.2) is 18.1 Å². The van der Waals surface area contributed by atoms with Gasteiger partial charge in [-0.15, -0.1) is 0 Å². The van der Waals surface area contributed by atoms with Gasteiger partial charge in [-0.05, 0) is 24.3 Å². The Bertz CT molecular complexity index is 625. The number of benzene rings is 1. The van der Waals surface area contributed by atoms with Crippen LogP contribution in [0.4, 0.5) is 30.4 Å². The van der Waals surface area contributed by atoms with Crippen molar-refractivity contribution in [3.8, 4) is 0 Å². The first-order valence-corrected chi connectivity index (χ1v) is 6.19. The van der Waals surface area contributed by atoms with E-state index >= 15 is 0 Å². The van der Waals surface area contributed by atoms with Gasteiger partial charge in [0.25, 0.3) is 0 Å². The van der Waals surface area contributed by atoms with Crippen molar-refractivity contribution in [2.24, 2.45) is 0 Å². The summed E-state index contributed by atoms with van der Waals surface area (Å²) in [6.45, 7) is 1.24. The van der Waals surface area contributed by atoms with Crippen LogP contribution in [-0.2, 0) is 6.18 Å². The number of nitrogens with one attached hydrogen (secondary N) is 1. The summed E-state index contributed by atoms with van der Waals surface area (Å²) in [6, 6.07) is 9.57. The Kier molecular flexibility index (Phi) is 3.00. The minimum absolute atomic E-state index is 0.314. The molecule has 0 saturated carbocycles. The molecule has 3 nitrogen and oxygen atoms in total. The van der Waals surface area contributed by atoms with Crippen LogP contribution >= 0.6 is 0 Å². The van der Waals surface area contributed by atoms with Gasteiger partial charge in [0.2, 0.25) is 0 Å². The summed E-state index contributed by atoms with van der Waals surface area (Å²) < 4.78 is 38.3. The second-order valence-corrected chi connectivity index (χ2v) is 4.50. The average molecular weight is 279 g/mol. The fraction of sp³-hybridized carbons (Fsp3) is 0.214. The second kappa shape index (κ2) is 4.70. The Hall–Kier alpha value is -2.24. The van der Waals surface area contributed by atoms with Gasteiger partial charge in [-0.25, -0.2) is 4.98 Å². The van der Waals surface area contributed by atoms with Crippen molar-refractivity contribution in [1.29, 1.82) is 0 Å². The van der Waals surface area contributed by atoms with Crippen molar-refractivity contribution in [2.75, 3.05) is 23.3 Å². The fourth-order valence-corrected chi connectivity index (χ4v) is 2.26. The van der Waals surface area contributed by atoms with Gasteiger partial charge in [0, 0.05) is 19.3 Å². The van der Waals surface area contributed by atoms with Gasteiger partial charge in [0.05, 0.1) is 16.9 Å². The third-order valence-corrected chi connectivity index (χ3v) is 3.20. The van der Waals surface area contributed by atoms with E-state index in [1.165, 1.54) is 6.20 Å². The third-order valence-electron chi connectivity index (χ3n) is 3.20. The molecule has 3 rings (SSSR count). The maximum absolute atomic E-state index is 12.8. The van der Waals surface area contributed by atoms with E-state index in [1.54, 1.807) is 4.90 Å². The normalized spacial score (nSPS) is 14.7. The fourth-order valence-electron chi connectivity index (χ4n) is 2.26. The SMILES string of the molecule is FC(F)(F)c1ccnc(N2CCNc3ccccc32)c1. The van der Waals surface area contributed by atoms with Gasteiger partial charge in [-0.1, -0.05) is 12.1 Å². The molecule has 0 amide bonds. The van der Waals surface area contributed by atoms with Crippen molar-refractivity contribution in [2.45, 2.75) is 6.18 Å². The molecule has 0 spiro atoms. The number of aromatic nitrogens is 1. The van der Waals surface area contributed by atoms with E-state index in [-0.39, 0.29) is 0 Å². The zero-order chi connectivity index (χ0) is 14.2. The monoisotopic (exact) mass is 279 g/mol. The highest BCUT2D eigenvalue weighted by molar-refractivity contribution is 5.77. The number of hydrogen-bond donors (Lipinski definition) is 1. The van der Waals surface area contributed by atoms with Gasteiger partial charge in [0.1, 0.15) is 5.82 Å². The molecule has 0 atom stereocenters. The first-order valence-electron chi connectivity index (χ1n) is 6.19. The molecule has 6 heteroatoms. The number of hydrogen-bond acceptors (Lipinski definition) is 3. The lowest BCUT2D eigenvalue weighted by molar-refractivity contribution is -0.137. The standard InChI is InChI=1S/C14H12F3N3/c15-14(16,17)10-5-6-19-13(9-10)20-8-7-18-11-3-1-2-4-12(11)20/h1-6,9,18H,7-8H2. The lowest BCUT2D eigenvalue weighted by Crippen LogP contribution is -2.30. The van der Waals surface area contributed by atoms with Crippen LogP contribution in [0.2, 0.25) is 0 Å². The van der Waals surface area contributed by atoms with E-state index < -0.39 is 11.7 Å². The molecule has 104 valence electrons. The van der Waals surface area contributed by atoms with Crippen LogP contribution in [0.1, 0.15) is 5.56 Å². The quantitative estimate of drug-likeness (QED) is 0.863. The van der Waals surface area contributed by atoms with E-state index in [9.17, 15) is 13.2 Å². The molecule has 0 bridgehead atoms. The zero-order valence-electron chi connectivity index (χ0n) is 10.5. The van der Waals surface area contributed by atoms with Gasteiger partial charge in [-0.3, -0.25) is 0 Å². The molecule has 0 fully saturated rings. The lowest BCUT2D eigenvalue weighted by Gasteiger charge is -2.31. The molecule has 1 N–H and O–H groups in total. The van der Waals surface area contributed by atoms with Crippen LogP contribution < -0.4 is 10.2 Å². The smallest absolute Gasteiger partial charge is 0.382 e. The molecule has 0 aliphatic carbocycles. The lowest BCUT2D eigenvalue weighted by atomic mass is 10.2. The summed E-state index contributed by atoms with van der Waals surface area (Å²) in [4.78, 5) is 5.87. The summed E-state index contributed by atoms with van der Waals surface area (Å²) in [5, 5.41) is 3.22. The van der Waals surface area contributed by atoms with Gasteiger partial charge >= 0.3 is 6.18 Å². The van der Waals surface area contributed by atoms with E-state index in [0.29, 0.717) is 18.9 Å². The highest BCUT2D eigenvalue weighted by atomic mass is 19.4. The van der Waals surface area contributed by atoms with Crippen LogP contribution in [0.15, 0.2) is 42.6 Å². The number of nitrogens with zero attached hydrogens (tertiary/aromatic N) is 2. The van der Waals surface area contributed by atoms with E-state index in [4.69, 9.17) is 0 Å². The number of pyridine rings is 1. The third kappa shape index (κ3) is 2.29. The predicted octanol–water partition coefficient (Wildman–Crippen LogP) is 3.66. The largest absolute Gasteiger partial charge is 0.416 e. The van der Waals surface area contributed by atoms with Crippen molar-refractivity contribution < 1.29 is 13.2 Å². The topological polar surface area (TPSA) is 28.2 Å². The minimum atomic E-state index is -4.36. The molecule has 20 heavy (non-hydrogen) atoms. The summed E-state index contributed by atoms with van der Waals surface area (Å²) >= 11 is 0. The minimum Gasteiger partial charge on any atom is -0.382 e. The summed E-state index contributed by atoms with van der Waals surface area (Å²) in [5.41, 5.74) is 1.06. The van der Waals surface area contributed by atoms with E-state index in [2.05, 4.69) is 10.3 Å². The van der Waals surface area contributed by atoms with E-state index in [0.717, 1.165) is 23.5 Å². The first kappa shape index (κ1) is 12.8. The molecule has 0 saturated heterocycles. The average Bonchev–Trinajstić information content (AvgIpc) is 2.46. The Balaban J connectivity index is 2.03. The molecule has 1 aromatic carbocycles. The molecule has 2 heterocycles. The van der Waals surface area contributed by atoms with Crippen molar-refractivity contribution in [3.05, 3.63) is 48.2 Å². The molecular weight excluding hydrogens is 267 g/mol. The number of para-hydroxylation sites is 2. The molecule has 0 radical (unpaired) electrons. The predicted molar refractivity (Wildman–Crippen MR) is 71.2 cm³/mol. The number of alkyl halides is 3. The maximum Gasteiger partial charge on any atom is 0.416 e. The Morgan fingerprint density at radius 1 is 1.15 bits per heavy atom. The number of fused-ring (bicyclic) bond motifs is 1. The van der Waals surface area contributed by atoms with Crippen LogP contribution in [0.25, 0.3) is 0 Å². The molecular formula is C14H12F3N3. The summed E-state index contributed by atoms with van der Waals surface area (Å²) in [5.74, 6) is 0.314. The van der Waals surface area contributed by atoms with Crippen molar-refractivity contribution in [3.63, 3.8) is 0 Å². The Morgan fingerprint density at radius 2 is 1.95 bits per heavy atom. The zero-order valence-corrected chi connectivity index (χ0v) is 10.5. The Morgan fingerprint density at radius 3 is 2.75 bits per heavy atom. The molecule has 1 aromatic heterocycles. The number of anilines is 3. The Labute approximate surface area is 114 Å². The van der Waals surface area contributed by atoms with Crippen molar-refractivity contribution >= 4 is 17.2 Å².